The summed E-state index contributed by atoms with van der Waals surface area (Å²) in [6.07, 6.45) is -0.887. The summed E-state index contributed by atoms with van der Waals surface area (Å²) in [5.41, 5.74) is 0.944. The lowest BCUT2D eigenvalue weighted by Gasteiger charge is -2.27. The van der Waals surface area contributed by atoms with E-state index >= 15 is 0 Å². The first-order chi connectivity index (χ1) is 14.2. The van der Waals surface area contributed by atoms with E-state index < -0.39 is 22.0 Å². The first kappa shape index (κ1) is 22.8. The molecule has 3 rings (SSSR count). The van der Waals surface area contributed by atoms with Gasteiger partial charge in [-0.15, -0.1) is 0 Å². The van der Waals surface area contributed by atoms with Crippen molar-refractivity contribution in [3.8, 4) is 5.75 Å². The van der Waals surface area contributed by atoms with E-state index in [-0.39, 0.29) is 15.7 Å². The smallest absolute Gasteiger partial charge is 0.265 e. The van der Waals surface area contributed by atoms with Gasteiger partial charge in [-0.05, 0) is 43.7 Å². The Kier molecular flexibility index (Phi) is 7.26. The Morgan fingerprint density at radius 2 is 1.90 bits per heavy atom. The summed E-state index contributed by atoms with van der Waals surface area (Å²) in [4.78, 5) is 12.7. The number of hydrogen-bond donors (Lipinski definition) is 1. The molecule has 0 spiro atoms. The van der Waals surface area contributed by atoms with Crippen molar-refractivity contribution in [2.75, 3.05) is 31.6 Å². The topological polar surface area (TPSA) is 84.9 Å². The van der Waals surface area contributed by atoms with Crippen molar-refractivity contribution in [2.45, 2.75) is 24.8 Å². The summed E-state index contributed by atoms with van der Waals surface area (Å²) in [5, 5.41) is 3.22. The van der Waals surface area contributed by atoms with Gasteiger partial charge in [0.15, 0.2) is 6.10 Å². The van der Waals surface area contributed by atoms with Crippen molar-refractivity contribution in [2.24, 2.45) is 0 Å². The van der Waals surface area contributed by atoms with Gasteiger partial charge in [0.05, 0.1) is 23.1 Å². The van der Waals surface area contributed by atoms with Gasteiger partial charge < -0.3 is 14.8 Å². The molecule has 1 N–H and O–H groups in total. The lowest BCUT2D eigenvalue weighted by Crippen LogP contribution is -2.40. The maximum absolute atomic E-state index is 13.0. The van der Waals surface area contributed by atoms with Gasteiger partial charge in [-0.1, -0.05) is 35.3 Å². The number of nitrogens with one attached hydrogen (secondary N) is 1. The molecule has 7 nitrogen and oxygen atoms in total. The Morgan fingerprint density at radius 1 is 1.20 bits per heavy atom. The number of aryl methyl sites for hydroxylation is 1. The maximum atomic E-state index is 13.0. The fourth-order valence-electron chi connectivity index (χ4n) is 2.94. The van der Waals surface area contributed by atoms with E-state index in [1.54, 1.807) is 44.2 Å². The van der Waals surface area contributed by atoms with E-state index in [2.05, 4.69) is 5.32 Å². The Morgan fingerprint density at radius 3 is 2.60 bits per heavy atom. The van der Waals surface area contributed by atoms with Crippen LogP contribution in [0.25, 0.3) is 0 Å². The minimum atomic E-state index is -3.69. The summed E-state index contributed by atoms with van der Waals surface area (Å²) in [5.74, 6) is -0.170. The third-order valence-corrected chi connectivity index (χ3v) is 7.47. The third kappa shape index (κ3) is 5.07. The van der Waals surface area contributed by atoms with Gasteiger partial charge in [0.25, 0.3) is 5.91 Å². The summed E-state index contributed by atoms with van der Waals surface area (Å²) in [7, 11) is -3.69. The van der Waals surface area contributed by atoms with Gasteiger partial charge in [-0.2, -0.15) is 4.31 Å². The fraction of sp³-hybridized carbons (Fsp3) is 0.350. The quantitative estimate of drug-likeness (QED) is 0.691. The van der Waals surface area contributed by atoms with Crippen LogP contribution in [0, 0.1) is 6.92 Å². The second-order valence-electron chi connectivity index (χ2n) is 6.80. The number of morpholine rings is 1. The molecule has 30 heavy (non-hydrogen) atoms. The molecule has 1 aliphatic heterocycles. The molecule has 10 heteroatoms. The standard InChI is InChI=1S/C20H22Cl2N2O5S/c1-13-6-7-15(12-18(13)30(26,27)24-8-10-28-11-9-24)23-20(25)14(2)29-17-5-3-4-16(21)19(17)22/h3-7,12,14H,8-11H2,1-2H3,(H,23,25). The van der Waals surface area contributed by atoms with Crippen molar-refractivity contribution in [3.05, 3.63) is 52.0 Å². The molecule has 0 bridgehead atoms. The number of benzene rings is 2. The Bertz CT molecular complexity index is 1040. The van der Waals surface area contributed by atoms with Gasteiger partial charge in [-0.25, -0.2) is 8.42 Å². The lowest BCUT2D eigenvalue weighted by atomic mass is 10.2. The molecule has 162 valence electrons. The molecule has 1 aliphatic rings. The largest absolute Gasteiger partial charge is 0.479 e. The Balaban J connectivity index is 1.76. The van der Waals surface area contributed by atoms with Gasteiger partial charge in [-0.3, -0.25) is 4.79 Å². The number of amides is 1. The third-order valence-electron chi connectivity index (χ3n) is 4.63. The molecular formula is C20H22Cl2N2O5S. The number of carbonyl (C=O) groups excluding carboxylic acids is 1. The average Bonchev–Trinajstić information content (AvgIpc) is 2.73. The number of hydrogen-bond acceptors (Lipinski definition) is 5. The highest BCUT2D eigenvalue weighted by molar-refractivity contribution is 7.89. The summed E-state index contributed by atoms with van der Waals surface area (Å²) in [6, 6.07) is 9.64. The zero-order valence-electron chi connectivity index (χ0n) is 16.5. The van der Waals surface area contributed by atoms with E-state index in [1.807, 2.05) is 0 Å². The number of rotatable bonds is 6. The van der Waals surface area contributed by atoms with Crippen molar-refractivity contribution in [3.63, 3.8) is 0 Å². The van der Waals surface area contributed by atoms with Gasteiger partial charge in [0.2, 0.25) is 10.0 Å². The molecular weight excluding hydrogens is 451 g/mol. The number of anilines is 1. The first-order valence-electron chi connectivity index (χ1n) is 9.30. The fourth-order valence-corrected chi connectivity index (χ4v) is 4.94. The predicted molar refractivity (Wildman–Crippen MR) is 116 cm³/mol. The van der Waals surface area contributed by atoms with Crippen LogP contribution in [0.4, 0.5) is 5.69 Å². The van der Waals surface area contributed by atoms with Gasteiger partial charge >= 0.3 is 0 Å². The number of ether oxygens (including phenoxy) is 2. The monoisotopic (exact) mass is 472 g/mol. The van der Waals surface area contributed by atoms with E-state index in [0.29, 0.717) is 42.6 Å². The summed E-state index contributed by atoms with van der Waals surface area (Å²) < 4.78 is 38.2. The van der Waals surface area contributed by atoms with Gasteiger partial charge in [0.1, 0.15) is 10.8 Å². The van der Waals surface area contributed by atoms with Crippen LogP contribution in [0.15, 0.2) is 41.3 Å². The van der Waals surface area contributed by atoms with Crippen molar-refractivity contribution in [1.82, 2.24) is 4.31 Å². The zero-order chi connectivity index (χ0) is 21.9. The van der Waals surface area contributed by atoms with Crippen LogP contribution in [0.3, 0.4) is 0 Å². The van der Waals surface area contributed by atoms with Crippen molar-refractivity contribution < 1.29 is 22.7 Å². The molecule has 1 fully saturated rings. The number of sulfonamides is 1. The molecule has 0 aromatic heterocycles. The molecule has 0 aliphatic carbocycles. The van der Waals surface area contributed by atoms with Crippen LogP contribution >= 0.6 is 23.2 Å². The number of carbonyl (C=O) groups is 1. The highest BCUT2D eigenvalue weighted by Crippen LogP contribution is 2.32. The van der Waals surface area contributed by atoms with E-state index in [4.69, 9.17) is 32.7 Å². The number of nitrogens with zero attached hydrogens (tertiary/aromatic N) is 1. The van der Waals surface area contributed by atoms with E-state index in [1.165, 1.54) is 10.4 Å². The zero-order valence-corrected chi connectivity index (χ0v) is 18.9. The van der Waals surface area contributed by atoms with E-state index in [0.717, 1.165) is 0 Å². The molecule has 0 radical (unpaired) electrons. The van der Waals surface area contributed by atoms with E-state index in [9.17, 15) is 13.2 Å². The molecule has 1 saturated heterocycles. The molecule has 0 saturated carbocycles. The average molecular weight is 473 g/mol. The lowest BCUT2D eigenvalue weighted by molar-refractivity contribution is -0.122. The molecule has 1 amide bonds. The Labute approximate surface area is 185 Å². The minimum Gasteiger partial charge on any atom is -0.479 e. The summed E-state index contributed by atoms with van der Waals surface area (Å²) >= 11 is 12.1. The van der Waals surface area contributed by atoms with Gasteiger partial charge in [0, 0.05) is 18.8 Å². The van der Waals surface area contributed by atoms with Crippen LogP contribution in [0.5, 0.6) is 5.75 Å². The summed E-state index contributed by atoms with van der Waals surface area (Å²) in [6.45, 7) is 4.58. The number of halogens is 2. The van der Waals surface area contributed by atoms with Crippen molar-refractivity contribution >= 4 is 44.8 Å². The molecule has 1 heterocycles. The van der Waals surface area contributed by atoms with Crippen LogP contribution in [-0.4, -0.2) is 51.0 Å². The molecule has 1 unspecified atom stereocenters. The second-order valence-corrected chi connectivity index (χ2v) is 9.49. The minimum absolute atomic E-state index is 0.147. The highest BCUT2D eigenvalue weighted by atomic mass is 35.5. The normalized spacial score (nSPS) is 16.1. The predicted octanol–water partition coefficient (Wildman–Crippen LogP) is 3.73. The Hall–Kier alpha value is -1.84. The van der Waals surface area contributed by atoms with Crippen LogP contribution in [0.2, 0.25) is 10.0 Å². The van der Waals surface area contributed by atoms with Crippen LogP contribution in [-0.2, 0) is 19.6 Å². The molecule has 2 aromatic rings. The first-order valence-corrected chi connectivity index (χ1v) is 11.5. The second kappa shape index (κ2) is 9.53. The maximum Gasteiger partial charge on any atom is 0.265 e. The molecule has 1 atom stereocenters. The van der Waals surface area contributed by atoms with Crippen LogP contribution < -0.4 is 10.1 Å². The van der Waals surface area contributed by atoms with Crippen LogP contribution in [0.1, 0.15) is 12.5 Å². The highest BCUT2D eigenvalue weighted by Gasteiger charge is 2.28. The molecule has 2 aromatic carbocycles. The SMILES string of the molecule is Cc1ccc(NC(=O)C(C)Oc2cccc(Cl)c2Cl)cc1S(=O)(=O)N1CCOCC1. The van der Waals surface area contributed by atoms with Crippen molar-refractivity contribution in [1.29, 1.82) is 0 Å².